The second-order valence-electron chi connectivity index (χ2n) is 8.53. The standard InChI is InChI=1S/C27H29FN2O6/c1-33-23-13-19(14-24(34-2)26(23)35-3)27(32)30(21-10-11-21)17-25(31)29(16-22-5-4-12-36-22)15-18-6-8-20(28)9-7-18/h4-9,12-14,21H,10-11,15-17H2,1-3H3. The molecule has 3 aromatic rings. The summed E-state index contributed by atoms with van der Waals surface area (Å²) in [5.41, 5.74) is 1.10. The highest BCUT2D eigenvalue weighted by Crippen LogP contribution is 2.39. The van der Waals surface area contributed by atoms with Crippen LogP contribution in [0.4, 0.5) is 4.39 Å². The number of methoxy groups -OCH3 is 3. The molecule has 0 aliphatic heterocycles. The number of amides is 2. The van der Waals surface area contributed by atoms with E-state index in [1.807, 2.05) is 0 Å². The maximum atomic E-state index is 13.6. The highest BCUT2D eigenvalue weighted by Gasteiger charge is 2.36. The van der Waals surface area contributed by atoms with Gasteiger partial charge in [-0.1, -0.05) is 12.1 Å². The van der Waals surface area contributed by atoms with Gasteiger partial charge in [0.1, 0.15) is 18.1 Å². The van der Waals surface area contributed by atoms with Crippen molar-refractivity contribution in [3.05, 3.63) is 77.5 Å². The topological polar surface area (TPSA) is 81.5 Å². The zero-order valence-corrected chi connectivity index (χ0v) is 20.5. The molecule has 1 aliphatic rings. The highest BCUT2D eigenvalue weighted by atomic mass is 19.1. The number of benzene rings is 2. The quantitative estimate of drug-likeness (QED) is 0.394. The molecule has 4 rings (SSSR count). The van der Waals surface area contributed by atoms with Crippen LogP contribution < -0.4 is 14.2 Å². The van der Waals surface area contributed by atoms with Crippen LogP contribution in [-0.4, -0.2) is 55.5 Å². The molecule has 1 aromatic heterocycles. The predicted molar refractivity (Wildman–Crippen MR) is 130 cm³/mol. The third kappa shape index (κ3) is 5.79. The summed E-state index contributed by atoms with van der Waals surface area (Å²) in [5.74, 6) is 0.816. The molecule has 0 bridgehead atoms. The van der Waals surface area contributed by atoms with Gasteiger partial charge in [-0.3, -0.25) is 9.59 Å². The zero-order chi connectivity index (χ0) is 25.7. The van der Waals surface area contributed by atoms with E-state index in [9.17, 15) is 14.0 Å². The lowest BCUT2D eigenvalue weighted by Crippen LogP contribution is -2.43. The molecule has 190 valence electrons. The van der Waals surface area contributed by atoms with Crippen molar-refractivity contribution in [3.63, 3.8) is 0 Å². The molecule has 36 heavy (non-hydrogen) atoms. The minimum atomic E-state index is -0.349. The summed E-state index contributed by atoms with van der Waals surface area (Å²) in [5, 5.41) is 0. The van der Waals surface area contributed by atoms with Crippen molar-refractivity contribution in [1.82, 2.24) is 9.80 Å². The molecule has 0 saturated heterocycles. The fourth-order valence-corrected chi connectivity index (χ4v) is 4.00. The molecule has 1 aliphatic carbocycles. The van der Waals surface area contributed by atoms with Gasteiger partial charge < -0.3 is 28.4 Å². The van der Waals surface area contributed by atoms with Crippen LogP contribution in [-0.2, 0) is 17.9 Å². The smallest absolute Gasteiger partial charge is 0.254 e. The molecule has 8 nitrogen and oxygen atoms in total. The lowest BCUT2D eigenvalue weighted by atomic mass is 10.1. The Kier molecular flexibility index (Phi) is 7.77. The monoisotopic (exact) mass is 496 g/mol. The van der Waals surface area contributed by atoms with E-state index in [1.54, 1.807) is 52.5 Å². The first-order valence-electron chi connectivity index (χ1n) is 11.6. The molecule has 0 N–H and O–H groups in total. The van der Waals surface area contributed by atoms with Crippen molar-refractivity contribution in [2.24, 2.45) is 0 Å². The van der Waals surface area contributed by atoms with E-state index in [0.29, 0.717) is 28.6 Å². The molecule has 0 atom stereocenters. The third-order valence-electron chi connectivity index (χ3n) is 6.03. The van der Waals surface area contributed by atoms with E-state index in [-0.39, 0.29) is 43.3 Å². The number of nitrogens with zero attached hydrogens (tertiary/aromatic N) is 2. The second kappa shape index (κ2) is 11.2. The first-order valence-corrected chi connectivity index (χ1v) is 11.6. The molecule has 1 fully saturated rings. The molecular formula is C27H29FN2O6. The van der Waals surface area contributed by atoms with Crippen LogP contribution in [0.15, 0.2) is 59.2 Å². The Morgan fingerprint density at radius 3 is 2.17 bits per heavy atom. The van der Waals surface area contributed by atoms with Crippen LogP contribution in [0, 0.1) is 5.82 Å². The highest BCUT2D eigenvalue weighted by molar-refractivity contribution is 5.98. The van der Waals surface area contributed by atoms with E-state index < -0.39 is 0 Å². The van der Waals surface area contributed by atoms with Crippen LogP contribution in [0.3, 0.4) is 0 Å². The Morgan fingerprint density at radius 1 is 0.972 bits per heavy atom. The zero-order valence-electron chi connectivity index (χ0n) is 20.5. The van der Waals surface area contributed by atoms with Gasteiger partial charge in [-0.2, -0.15) is 0 Å². The van der Waals surface area contributed by atoms with Crippen molar-refractivity contribution in [2.75, 3.05) is 27.9 Å². The van der Waals surface area contributed by atoms with Crippen LogP contribution >= 0.6 is 0 Å². The Hall–Kier alpha value is -4.01. The van der Waals surface area contributed by atoms with Crippen LogP contribution in [0.1, 0.15) is 34.5 Å². The van der Waals surface area contributed by atoms with Gasteiger partial charge in [0.15, 0.2) is 11.5 Å². The average Bonchev–Trinajstić information content (AvgIpc) is 3.61. The van der Waals surface area contributed by atoms with Gasteiger partial charge in [-0.15, -0.1) is 0 Å². The number of hydrogen-bond donors (Lipinski definition) is 0. The fourth-order valence-electron chi connectivity index (χ4n) is 4.00. The Morgan fingerprint density at radius 2 is 1.64 bits per heavy atom. The first-order chi connectivity index (χ1) is 17.4. The summed E-state index contributed by atoms with van der Waals surface area (Å²) in [7, 11) is 4.46. The van der Waals surface area contributed by atoms with Gasteiger partial charge >= 0.3 is 0 Å². The first kappa shape index (κ1) is 25.1. The number of furan rings is 1. The van der Waals surface area contributed by atoms with Crippen molar-refractivity contribution in [2.45, 2.75) is 32.0 Å². The number of ether oxygens (including phenoxy) is 3. The summed E-state index contributed by atoms with van der Waals surface area (Å²) < 4.78 is 35.0. The van der Waals surface area contributed by atoms with Gasteiger partial charge in [0.2, 0.25) is 11.7 Å². The number of rotatable bonds is 11. The van der Waals surface area contributed by atoms with Gasteiger partial charge in [0, 0.05) is 18.2 Å². The minimum absolute atomic E-state index is 0.0307. The Labute approximate surface area is 209 Å². The van der Waals surface area contributed by atoms with Crippen LogP contribution in [0.2, 0.25) is 0 Å². The molecule has 9 heteroatoms. The molecule has 0 unspecified atom stereocenters. The van der Waals surface area contributed by atoms with E-state index in [4.69, 9.17) is 18.6 Å². The second-order valence-corrected chi connectivity index (χ2v) is 8.53. The molecular weight excluding hydrogens is 467 g/mol. The van der Waals surface area contributed by atoms with Gasteiger partial charge in [0.05, 0.1) is 34.1 Å². The number of carbonyl (C=O) groups is 2. The molecule has 2 amide bonds. The molecule has 1 saturated carbocycles. The van der Waals surface area contributed by atoms with E-state index in [1.165, 1.54) is 33.5 Å². The molecule has 1 heterocycles. The van der Waals surface area contributed by atoms with Gasteiger partial charge in [-0.25, -0.2) is 4.39 Å². The van der Waals surface area contributed by atoms with Gasteiger partial charge in [-0.05, 0) is 54.8 Å². The normalized spacial score (nSPS) is 12.7. The fraction of sp³-hybridized carbons (Fsp3) is 0.333. The van der Waals surface area contributed by atoms with Crippen molar-refractivity contribution < 1.29 is 32.6 Å². The number of hydrogen-bond acceptors (Lipinski definition) is 6. The molecule has 0 spiro atoms. The lowest BCUT2D eigenvalue weighted by Gasteiger charge is -2.28. The number of halogens is 1. The summed E-state index contributed by atoms with van der Waals surface area (Å²) in [6, 6.07) is 12.7. The Balaban J connectivity index is 1.57. The van der Waals surface area contributed by atoms with E-state index in [0.717, 1.165) is 18.4 Å². The Bertz CT molecular complexity index is 1170. The van der Waals surface area contributed by atoms with E-state index in [2.05, 4.69) is 0 Å². The maximum Gasteiger partial charge on any atom is 0.254 e. The van der Waals surface area contributed by atoms with Crippen LogP contribution in [0.5, 0.6) is 17.2 Å². The molecule has 2 aromatic carbocycles. The van der Waals surface area contributed by atoms with Crippen molar-refractivity contribution >= 4 is 11.8 Å². The summed E-state index contributed by atoms with van der Waals surface area (Å²) in [6.07, 6.45) is 3.18. The largest absolute Gasteiger partial charge is 0.493 e. The average molecular weight is 497 g/mol. The molecule has 0 radical (unpaired) electrons. The third-order valence-corrected chi connectivity index (χ3v) is 6.03. The van der Waals surface area contributed by atoms with Crippen LogP contribution in [0.25, 0.3) is 0 Å². The number of carbonyl (C=O) groups excluding carboxylic acids is 2. The lowest BCUT2D eigenvalue weighted by molar-refractivity contribution is -0.133. The van der Waals surface area contributed by atoms with Crippen molar-refractivity contribution in [3.8, 4) is 17.2 Å². The summed E-state index contributed by atoms with van der Waals surface area (Å²) in [6.45, 7) is 0.360. The SMILES string of the molecule is COc1cc(C(=O)N(CC(=O)N(Cc2ccc(F)cc2)Cc2ccco2)C2CC2)cc(OC)c1OC. The summed E-state index contributed by atoms with van der Waals surface area (Å²) >= 11 is 0. The minimum Gasteiger partial charge on any atom is -0.493 e. The van der Waals surface area contributed by atoms with E-state index >= 15 is 0 Å². The predicted octanol–water partition coefficient (Wildman–Crippen LogP) is 4.28. The van der Waals surface area contributed by atoms with Crippen molar-refractivity contribution in [1.29, 1.82) is 0 Å². The van der Waals surface area contributed by atoms with Gasteiger partial charge in [0.25, 0.3) is 5.91 Å². The summed E-state index contributed by atoms with van der Waals surface area (Å²) in [4.78, 5) is 30.3. The maximum absolute atomic E-state index is 13.6.